The number of carboxylic acids is 2. The number of aliphatic carboxylic acids is 2. The Morgan fingerprint density at radius 1 is 0.704 bits per heavy atom. The number of hydrogen-bond acceptors (Lipinski definition) is 5. The van der Waals surface area contributed by atoms with Crippen LogP contribution in [-0.4, -0.2) is 48.6 Å². The van der Waals surface area contributed by atoms with Gasteiger partial charge in [0.05, 0.1) is 26.1 Å². The van der Waals surface area contributed by atoms with Crippen molar-refractivity contribution in [3.05, 3.63) is 59.7 Å². The normalized spacial score (nSPS) is 10.4. The molecule has 27 heavy (non-hydrogen) atoms. The highest BCUT2D eigenvalue weighted by molar-refractivity contribution is 5.70. The second-order valence-electron chi connectivity index (χ2n) is 5.75. The van der Waals surface area contributed by atoms with Gasteiger partial charge in [0.25, 0.3) is 0 Å². The van der Waals surface area contributed by atoms with Crippen LogP contribution in [0.1, 0.15) is 11.1 Å². The summed E-state index contributed by atoms with van der Waals surface area (Å²) in [5.41, 5.74) is 1.36. The van der Waals surface area contributed by atoms with Crippen LogP contribution in [0.5, 0.6) is 11.5 Å². The van der Waals surface area contributed by atoms with Crippen LogP contribution in [0.25, 0.3) is 0 Å². The molecular weight excluding hydrogens is 352 g/mol. The molecule has 0 aromatic heterocycles. The predicted molar refractivity (Wildman–Crippen MR) is 97.4 cm³/mol. The van der Waals surface area contributed by atoms with Crippen molar-refractivity contribution in [3.63, 3.8) is 0 Å². The van der Waals surface area contributed by atoms with Crippen LogP contribution in [0.4, 0.5) is 0 Å². The average molecular weight is 374 g/mol. The first-order valence-electron chi connectivity index (χ1n) is 8.48. The lowest BCUT2D eigenvalue weighted by Crippen LogP contribution is -2.12. The van der Waals surface area contributed by atoms with Crippen LogP contribution >= 0.6 is 0 Å². The molecule has 0 aliphatic rings. The van der Waals surface area contributed by atoms with E-state index in [0.29, 0.717) is 49.1 Å². The number of rotatable bonds is 12. The summed E-state index contributed by atoms with van der Waals surface area (Å²) in [6.45, 7) is 1.41. The highest BCUT2D eigenvalue weighted by atomic mass is 16.5. The maximum absolute atomic E-state index is 10.7. The minimum atomic E-state index is -0.885. The van der Waals surface area contributed by atoms with Gasteiger partial charge in [-0.05, 0) is 35.4 Å². The molecule has 0 amide bonds. The zero-order valence-electron chi connectivity index (χ0n) is 14.8. The van der Waals surface area contributed by atoms with E-state index in [2.05, 4.69) is 0 Å². The SMILES string of the molecule is O=C(O)Cc1cccc(OCCOCCOc2cccc(CC(=O)O)c2)c1. The van der Waals surface area contributed by atoms with Gasteiger partial charge >= 0.3 is 11.9 Å². The number of hydrogen-bond donors (Lipinski definition) is 2. The first-order chi connectivity index (χ1) is 13.0. The first kappa shape index (κ1) is 20.3. The predicted octanol–water partition coefficient (Wildman–Crippen LogP) is 2.42. The number of benzene rings is 2. The Morgan fingerprint density at radius 2 is 1.15 bits per heavy atom. The lowest BCUT2D eigenvalue weighted by molar-refractivity contribution is -0.137. The van der Waals surface area contributed by atoms with Crippen molar-refractivity contribution in [1.82, 2.24) is 0 Å². The van der Waals surface area contributed by atoms with Gasteiger partial charge in [-0.15, -0.1) is 0 Å². The Kier molecular flexibility index (Phi) is 8.12. The van der Waals surface area contributed by atoms with Crippen LogP contribution in [0, 0.1) is 0 Å². The molecule has 7 heteroatoms. The van der Waals surface area contributed by atoms with Gasteiger partial charge in [0.2, 0.25) is 0 Å². The van der Waals surface area contributed by atoms with Crippen LogP contribution in [-0.2, 0) is 27.2 Å². The zero-order valence-corrected chi connectivity index (χ0v) is 14.8. The summed E-state index contributed by atoms with van der Waals surface area (Å²) in [4.78, 5) is 21.4. The molecule has 0 aliphatic heterocycles. The van der Waals surface area contributed by atoms with Crippen LogP contribution in [0.2, 0.25) is 0 Å². The van der Waals surface area contributed by atoms with Crippen LogP contribution in [0.15, 0.2) is 48.5 Å². The topological polar surface area (TPSA) is 102 Å². The standard InChI is InChI=1S/C20H22O7/c21-19(22)13-15-3-1-5-17(11-15)26-9-7-25-8-10-27-18-6-2-4-16(12-18)14-20(23)24/h1-6,11-12H,7-10,13-14H2,(H,21,22)(H,23,24). The molecular formula is C20H22O7. The Bertz CT molecular complexity index is 694. The van der Waals surface area contributed by atoms with Gasteiger partial charge in [-0.1, -0.05) is 24.3 Å². The maximum atomic E-state index is 10.7. The number of carboxylic acid groups (broad SMARTS) is 2. The smallest absolute Gasteiger partial charge is 0.307 e. The van der Waals surface area contributed by atoms with Crippen molar-refractivity contribution in [3.8, 4) is 11.5 Å². The summed E-state index contributed by atoms with van der Waals surface area (Å²) in [5.74, 6) is -0.569. The minimum absolute atomic E-state index is 0.0430. The fourth-order valence-electron chi connectivity index (χ4n) is 2.38. The summed E-state index contributed by atoms with van der Waals surface area (Å²) in [7, 11) is 0. The lowest BCUT2D eigenvalue weighted by atomic mass is 10.1. The third kappa shape index (κ3) is 8.24. The molecule has 2 rings (SSSR count). The molecule has 0 unspecified atom stereocenters. The van der Waals surface area contributed by atoms with Crippen molar-refractivity contribution < 1.29 is 34.0 Å². The van der Waals surface area contributed by atoms with Crippen molar-refractivity contribution in [2.24, 2.45) is 0 Å². The van der Waals surface area contributed by atoms with Crippen LogP contribution < -0.4 is 9.47 Å². The maximum Gasteiger partial charge on any atom is 0.307 e. The largest absolute Gasteiger partial charge is 0.491 e. The third-order valence-electron chi connectivity index (χ3n) is 3.50. The van der Waals surface area contributed by atoms with Gasteiger partial charge in [0.15, 0.2) is 0 Å². The fraction of sp³-hybridized carbons (Fsp3) is 0.300. The molecule has 2 N–H and O–H groups in total. The summed E-state index contributed by atoms with van der Waals surface area (Å²) in [6, 6.07) is 13.9. The fourth-order valence-corrected chi connectivity index (χ4v) is 2.38. The van der Waals surface area contributed by atoms with E-state index in [-0.39, 0.29) is 12.8 Å². The second-order valence-corrected chi connectivity index (χ2v) is 5.75. The minimum Gasteiger partial charge on any atom is -0.491 e. The molecule has 0 spiro atoms. The molecule has 0 heterocycles. The van der Waals surface area contributed by atoms with Gasteiger partial charge in [-0.25, -0.2) is 0 Å². The highest BCUT2D eigenvalue weighted by Crippen LogP contribution is 2.14. The molecule has 2 aromatic carbocycles. The average Bonchev–Trinajstić information content (AvgIpc) is 2.60. The lowest BCUT2D eigenvalue weighted by Gasteiger charge is -2.10. The Labute approximate surface area is 157 Å². The third-order valence-corrected chi connectivity index (χ3v) is 3.50. The van der Waals surface area contributed by atoms with Crippen LogP contribution in [0.3, 0.4) is 0 Å². The molecule has 144 valence electrons. The summed E-state index contributed by atoms with van der Waals surface area (Å²) in [5, 5.41) is 17.6. The number of ether oxygens (including phenoxy) is 3. The molecule has 0 bridgehead atoms. The number of carbonyl (C=O) groups is 2. The van der Waals surface area contributed by atoms with Gasteiger partial charge in [0.1, 0.15) is 24.7 Å². The Balaban J connectivity index is 1.61. The van der Waals surface area contributed by atoms with E-state index in [9.17, 15) is 9.59 Å². The van der Waals surface area contributed by atoms with E-state index in [1.165, 1.54) is 0 Å². The van der Waals surface area contributed by atoms with E-state index < -0.39 is 11.9 Å². The van der Waals surface area contributed by atoms with Crippen molar-refractivity contribution in [2.45, 2.75) is 12.8 Å². The molecule has 0 saturated carbocycles. The van der Waals surface area contributed by atoms with Gasteiger partial charge < -0.3 is 24.4 Å². The highest BCUT2D eigenvalue weighted by Gasteiger charge is 2.03. The Morgan fingerprint density at radius 3 is 1.56 bits per heavy atom. The molecule has 0 atom stereocenters. The van der Waals surface area contributed by atoms with E-state index >= 15 is 0 Å². The van der Waals surface area contributed by atoms with E-state index in [1.54, 1.807) is 48.5 Å². The van der Waals surface area contributed by atoms with Gasteiger partial charge in [0, 0.05) is 0 Å². The van der Waals surface area contributed by atoms with Crippen molar-refractivity contribution in [1.29, 1.82) is 0 Å². The van der Waals surface area contributed by atoms with Gasteiger partial charge in [-0.3, -0.25) is 9.59 Å². The molecule has 0 saturated heterocycles. The van der Waals surface area contributed by atoms with E-state index in [0.717, 1.165) is 0 Å². The van der Waals surface area contributed by atoms with E-state index in [1.807, 2.05) is 0 Å². The van der Waals surface area contributed by atoms with Gasteiger partial charge in [-0.2, -0.15) is 0 Å². The molecule has 0 fully saturated rings. The molecule has 0 aliphatic carbocycles. The molecule has 7 nitrogen and oxygen atoms in total. The first-order valence-corrected chi connectivity index (χ1v) is 8.48. The molecule has 0 radical (unpaired) electrons. The second kappa shape index (κ2) is 10.8. The molecule has 2 aromatic rings. The quantitative estimate of drug-likeness (QED) is 0.550. The summed E-state index contributed by atoms with van der Waals surface area (Å²) < 4.78 is 16.5. The summed E-state index contributed by atoms with van der Waals surface area (Å²) >= 11 is 0. The Hall–Kier alpha value is -3.06. The van der Waals surface area contributed by atoms with Crippen molar-refractivity contribution >= 4 is 11.9 Å². The zero-order chi connectivity index (χ0) is 19.5. The monoisotopic (exact) mass is 374 g/mol. The van der Waals surface area contributed by atoms with E-state index in [4.69, 9.17) is 24.4 Å². The van der Waals surface area contributed by atoms with Crippen molar-refractivity contribution in [2.75, 3.05) is 26.4 Å². The summed E-state index contributed by atoms with van der Waals surface area (Å²) in [6.07, 6.45) is -0.0859.